The molecule has 1 aromatic rings. The number of aliphatic hydroxyl groups is 1. The summed E-state index contributed by atoms with van der Waals surface area (Å²) in [7, 11) is 0. The molecule has 72 valence electrons. The second-order valence-corrected chi connectivity index (χ2v) is 3.01. The summed E-state index contributed by atoms with van der Waals surface area (Å²) in [4.78, 5) is 0. The predicted molar refractivity (Wildman–Crippen MR) is 51.6 cm³/mol. The molecule has 4 heteroatoms. The fourth-order valence-electron chi connectivity index (χ4n) is 0.889. The molecule has 0 amide bonds. The highest BCUT2D eigenvalue weighted by atomic mass is 35.5. The molecule has 2 N–H and O–H groups in total. The third kappa shape index (κ3) is 3.61. The van der Waals surface area contributed by atoms with E-state index in [1.807, 2.05) is 0 Å². The molecular formula is C9H11ClFNO. The summed E-state index contributed by atoms with van der Waals surface area (Å²) < 4.78 is 12.6. The van der Waals surface area contributed by atoms with Crippen LogP contribution in [-0.2, 0) is 0 Å². The van der Waals surface area contributed by atoms with E-state index in [9.17, 15) is 4.39 Å². The van der Waals surface area contributed by atoms with Crippen LogP contribution < -0.4 is 5.32 Å². The lowest BCUT2D eigenvalue weighted by atomic mass is 10.3. The van der Waals surface area contributed by atoms with Crippen LogP contribution in [0.25, 0.3) is 0 Å². The molecule has 0 spiro atoms. The van der Waals surface area contributed by atoms with E-state index in [4.69, 9.17) is 16.7 Å². The van der Waals surface area contributed by atoms with Crippen molar-refractivity contribution >= 4 is 17.3 Å². The van der Waals surface area contributed by atoms with Gasteiger partial charge in [0.05, 0.1) is 12.0 Å². The Morgan fingerprint density at radius 1 is 1.54 bits per heavy atom. The van der Waals surface area contributed by atoms with E-state index in [1.165, 1.54) is 12.1 Å². The van der Waals surface area contributed by atoms with Crippen molar-refractivity contribution in [1.82, 2.24) is 0 Å². The molecule has 13 heavy (non-hydrogen) atoms. The van der Waals surface area contributed by atoms with E-state index in [2.05, 4.69) is 5.32 Å². The van der Waals surface area contributed by atoms with Gasteiger partial charge in [0.1, 0.15) is 5.82 Å². The largest absolute Gasteiger partial charge is 0.390 e. The van der Waals surface area contributed by atoms with Gasteiger partial charge in [-0.3, -0.25) is 0 Å². The number of anilines is 1. The second-order valence-electron chi connectivity index (χ2n) is 2.70. The van der Waals surface area contributed by atoms with Crippen molar-refractivity contribution < 1.29 is 9.50 Å². The molecule has 0 aromatic heterocycles. The number of hydrogen-bond donors (Lipinski definition) is 2. The minimum Gasteiger partial charge on any atom is -0.390 e. The number of rotatable bonds is 4. The van der Waals surface area contributed by atoms with E-state index in [1.54, 1.807) is 12.1 Å². The molecule has 0 bridgehead atoms. The van der Waals surface area contributed by atoms with Crippen LogP contribution in [-0.4, -0.2) is 23.6 Å². The van der Waals surface area contributed by atoms with Gasteiger partial charge in [0.15, 0.2) is 0 Å². The average molecular weight is 204 g/mol. The monoisotopic (exact) mass is 203 g/mol. The Kier molecular flexibility index (Phi) is 3.99. The average Bonchev–Trinajstić information content (AvgIpc) is 2.14. The third-order valence-electron chi connectivity index (χ3n) is 1.54. The molecule has 2 nitrogen and oxygen atoms in total. The van der Waals surface area contributed by atoms with Gasteiger partial charge in [-0.05, 0) is 18.2 Å². The first-order chi connectivity index (χ1) is 6.22. The highest BCUT2D eigenvalue weighted by molar-refractivity contribution is 6.18. The normalized spacial score (nSPS) is 12.5. The van der Waals surface area contributed by atoms with Gasteiger partial charge in [-0.15, -0.1) is 11.6 Å². The summed E-state index contributed by atoms with van der Waals surface area (Å²) in [6, 6.07) is 6.05. The molecule has 1 atom stereocenters. The zero-order chi connectivity index (χ0) is 9.68. The van der Waals surface area contributed by atoms with Crippen molar-refractivity contribution in [1.29, 1.82) is 0 Å². The summed E-state index contributed by atoms with van der Waals surface area (Å²) in [5, 5.41) is 12.0. The van der Waals surface area contributed by atoms with Gasteiger partial charge in [-0.2, -0.15) is 0 Å². The maximum atomic E-state index is 12.6. The lowest BCUT2D eigenvalue weighted by Crippen LogP contribution is -2.20. The van der Waals surface area contributed by atoms with Crippen LogP contribution >= 0.6 is 11.6 Å². The number of hydrogen-bond acceptors (Lipinski definition) is 2. The van der Waals surface area contributed by atoms with Gasteiger partial charge in [0, 0.05) is 12.2 Å². The number of benzene rings is 1. The Balaban J connectivity index is 2.45. The topological polar surface area (TPSA) is 32.3 Å². The zero-order valence-electron chi connectivity index (χ0n) is 7.00. The number of aliphatic hydroxyl groups excluding tert-OH is 1. The molecule has 1 rings (SSSR count). The SMILES string of the molecule is OC(CCl)CNc1cccc(F)c1. The Bertz CT molecular complexity index is 270. The first kappa shape index (κ1) is 10.3. The lowest BCUT2D eigenvalue weighted by molar-refractivity contribution is 0.211. The molecule has 0 aliphatic rings. The summed E-state index contributed by atoms with van der Waals surface area (Å²) >= 11 is 5.39. The molecule has 0 aliphatic heterocycles. The van der Waals surface area contributed by atoms with Gasteiger partial charge < -0.3 is 10.4 Å². The van der Waals surface area contributed by atoms with Crippen molar-refractivity contribution in [3.63, 3.8) is 0 Å². The number of halogens is 2. The van der Waals surface area contributed by atoms with Gasteiger partial charge >= 0.3 is 0 Å². The fourth-order valence-corrected chi connectivity index (χ4v) is 0.998. The summed E-state index contributed by atoms with van der Waals surface area (Å²) in [6.07, 6.45) is -0.607. The quantitative estimate of drug-likeness (QED) is 0.732. The van der Waals surface area contributed by atoms with Gasteiger partial charge in [0.25, 0.3) is 0 Å². The van der Waals surface area contributed by atoms with Crippen molar-refractivity contribution in [3.8, 4) is 0 Å². The molecular weight excluding hydrogens is 193 g/mol. The van der Waals surface area contributed by atoms with E-state index in [-0.39, 0.29) is 11.7 Å². The Hall–Kier alpha value is -0.800. The van der Waals surface area contributed by atoms with Crippen LogP contribution in [0.2, 0.25) is 0 Å². The van der Waals surface area contributed by atoms with Gasteiger partial charge in [0.2, 0.25) is 0 Å². The lowest BCUT2D eigenvalue weighted by Gasteiger charge is -2.09. The highest BCUT2D eigenvalue weighted by Crippen LogP contribution is 2.08. The molecule has 1 aromatic carbocycles. The molecule has 1 unspecified atom stereocenters. The van der Waals surface area contributed by atoms with Crippen LogP contribution in [0.4, 0.5) is 10.1 Å². The first-order valence-electron chi connectivity index (χ1n) is 3.96. The summed E-state index contributed by atoms with van der Waals surface area (Å²) in [6.45, 7) is 0.326. The minimum atomic E-state index is -0.607. The van der Waals surface area contributed by atoms with E-state index in [0.29, 0.717) is 12.2 Å². The number of alkyl halides is 1. The maximum Gasteiger partial charge on any atom is 0.125 e. The zero-order valence-corrected chi connectivity index (χ0v) is 7.76. The second kappa shape index (κ2) is 5.04. The summed E-state index contributed by atoms with van der Waals surface area (Å²) in [5.41, 5.74) is 0.643. The molecule has 0 radical (unpaired) electrons. The number of nitrogens with one attached hydrogen (secondary N) is 1. The smallest absolute Gasteiger partial charge is 0.125 e. The van der Waals surface area contributed by atoms with Crippen LogP contribution in [0.15, 0.2) is 24.3 Å². The van der Waals surface area contributed by atoms with Crippen LogP contribution in [0.5, 0.6) is 0 Å². The third-order valence-corrected chi connectivity index (χ3v) is 1.90. The van der Waals surface area contributed by atoms with Crippen LogP contribution in [0, 0.1) is 5.82 Å². The molecule has 0 aliphatic carbocycles. The van der Waals surface area contributed by atoms with Crippen molar-refractivity contribution in [2.75, 3.05) is 17.7 Å². The van der Waals surface area contributed by atoms with Crippen LogP contribution in [0.1, 0.15) is 0 Å². The van der Waals surface area contributed by atoms with E-state index >= 15 is 0 Å². The molecule has 0 heterocycles. The van der Waals surface area contributed by atoms with Crippen LogP contribution in [0.3, 0.4) is 0 Å². The van der Waals surface area contributed by atoms with Crippen molar-refractivity contribution in [2.45, 2.75) is 6.10 Å². The van der Waals surface area contributed by atoms with E-state index in [0.717, 1.165) is 0 Å². The fraction of sp³-hybridized carbons (Fsp3) is 0.333. The Morgan fingerprint density at radius 3 is 2.92 bits per heavy atom. The molecule has 0 saturated heterocycles. The first-order valence-corrected chi connectivity index (χ1v) is 4.49. The highest BCUT2D eigenvalue weighted by Gasteiger charge is 2.01. The summed E-state index contributed by atoms with van der Waals surface area (Å²) in [5.74, 6) is -0.132. The van der Waals surface area contributed by atoms with Crippen molar-refractivity contribution in [2.24, 2.45) is 0 Å². The van der Waals surface area contributed by atoms with Gasteiger partial charge in [-0.1, -0.05) is 6.07 Å². The standard InChI is InChI=1S/C9H11ClFNO/c10-5-9(13)6-12-8-3-1-2-7(11)4-8/h1-4,9,12-13H,5-6H2. The molecule has 0 fully saturated rings. The minimum absolute atomic E-state index is 0.169. The Labute approximate surface area is 81.3 Å². The maximum absolute atomic E-state index is 12.6. The van der Waals surface area contributed by atoms with Crippen molar-refractivity contribution in [3.05, 3.63) is 30.1 Å². The van der Waals surface area contributed by atoms with Gasteiger partial charge in [-0.25, -0.2) is 4.39 Å². The predicted octanol–water partition coefficient (Wildman–Crippen LogP) is 1.84. The Morgan fingerprint density at radius 2 is 2.31 bits per heavy atom. The van der Waals surface area contributed by atoms with E-state index < -0.39 is 6.10 Å². The molecule has 0 saturated carbocycles.